The highest BCUT2D eigenvalue weighted by atomic mass is 127. The van der Waals surface area contributed by atoms with Gasteiger partial charge in [0.1, 0.15) is 0 Å². The quantitative estimate of drug-likeness (QED) is 0.273. The van der Waals surface area contributed by atoms with E-state index in [0.29, 0.717) is 30.6 Å². The maximum absolute atomic E-state index is 12.2. The van der Waals surface area contributed by atoms with Crippen molar-refractivity contribution in [2.24, 2.45) is 10.7 Å². The molecule has 1 unspecified atom stereocenters. The van der Waals surface area contributed by atoms with Crippen LogP contribution in [0.3, 0.4) is 0 Å². The Kier molecular flexibility index (Phi) is 11.5. The summed E-state index contributed by atoms with van der Waals surface area (Å²) in [5.41, 5.74) is 6.33. The predicted molar refractivity (Wildman–Crippen MR) is 122 cm³/mol. The van der Waals surface area contributed by atoms with Crippen molar-refractivity contribution in [1.82, 2.24) is 15.5 Å². The third-order valence-corrected chi connectivity index (χ3v) is 5.64. The summed E-state index contributed by atoms with van der Waals surface area (Å²) in [5.74, 6) is 1.60. The molecular formula is C18H30IN5O2S. The Balaban J connectivity index is 0.00000364. The van der Waals surface area contributed by atoms with E-state index in [1.54, 1.807) is 7.05 Å². The molecule has 0 spiro atoms. The van der Waals surface area contributed by atoms with Gasteiger partial charge in [0.2, 0.25) is 5.91 Å². The fraction of sp³-hybridized carbons (Fsp3) is 0.556. The monoisotopic (exact) mass is 507 g/mol. The molecule has 2 rings (SSSR count). The average molecular weight is 507 g/mol. The first-order chi connectivity index (χ1) is 12.6. The van der Waals surface area contributed by atoms with Crippen LogP contribution in [-0.4, -0.2) is 66.0 Å². The molecule has 1 aliphatic rings. The molecule has 1 heterocycles. The number of benzene rings is 1. The maximum Gasteiger partial charge on any atom is 0.231 e. The predicted octanol–water partition coefficient (Wildman–Crippen LogP) is 0.668. The fourth-order valence-electron chi connectivity index (χ4n) is 2.96. The second-order valence-corrected chi connectivity index (χ2v) is 8.01. The lowest BCUT2D eigenvalue weighted by molar-refractivity contribution is -0.119. The number of hydrogen-bond donors (Lipinski definition) is 3. The van der Waals surface area contributed by atoms with Gasteiger partial charge in [-0.25, -0.2) is 0 Å². The highest BCUT2D eigenvalue weighted by Crippen LogP contribution is 2.09. The third-order valence-electron chi connectivity index (χ3n) is 4.32. The molecule has 7 nitrogen and oxygen atoms in total. The molecule has 1 aromatic rings. The number of nitrogens with one attached hydrogen (secondary N) is 2. The van der Waals surface area contributed by atoms with Gasteiger partial charge < -0.3 is 16.4 Å². The number of halogens is 1. The molecule has 0 bridgehead atoms. The van der Waals surface area contributed by atoms with E-state index in [1.807, 2.05) is 30.3 Å². The molecule has 1 fully saturated rings. The molecule has 0 aliphatic carbocycles. The van der Waals surface area contributed by atoms with E-state index >= 15 is 0 Å². The van der Waals surface area contributed by atoms with Crippen LogP contribution < -0.4 is 16.4 Å². The number of piperidine rings is 1. The van der Waals surface area contributed by atoms with Crippen molar-refractivity contribution in [2.75, 3.05) is 39.0 Å². The summed E-state index contributed by atoms with van der Waals surface area (Å²) >= 11 is 0. The topological polar surface area (TPSA) is 99.8 Å². The minimum atomic E-state index is -0.902. The zero-order valence-electron chi connectivity index (χ0n) is 15.7. The highest BCUT2D eigenvalue weighted by molar-refractivity contribution is 14.0. The Hall–Kier alpha value is -1.20. The van der Waals surface area contributed by atoms with Crippen molar-refractivity contribution in [2.45, 2.75) is 24.6 Å². The van der Waals surface area contributed by atoms with Crippen molar-refractivity contribution in [1.29, 1.82) is 0 Å². The third kappa shape index (κ3) is 9.52. The van der Waals surface area contributed by atoms with E-state index in [4.69, 9.17) is 5.73 Å². The smallest absolute Gasteiger partial charge is 0.231 e. The first-order valence-corrected chi connectivity index (χ1v) is 10.4. The number of carbonyl (C=O) groups excluding carboxylic acids is 1. The first kappa shape index (κ1) is 23.8. The molecule has 0 saturated carbocycles. The van der Waals surface area contributed by atoms with Crippen LogP contribution in [0.15, 0.2) is 35.3 Å². The minimum absolute atomic E-state index is 0. The van der Waals surface area contributed by atoms with Gasteiger partial charge in [-0.2, -0.15) is 0 Å². The Morgan fingerprint density at radius 2 is 1.96 bits per heavy atom. The van der Waals surface area contributed by atoms with Crippen LogP contribution in [0, 0.1) is 0 Å². The Morgan fingerprint density at radius 3 is 2.56 bits per heavy atom. The summed E-state index contributed by atoms with van der Waals surface area (Å²) in [6.07, 6.45) is 1.88. The van der Waals surface area contributed by atoms with Crippen molar-refractivity contribution >= 4 is 46.6 Å². The molecule has 0 radical (unpaired) electrons. The molecule has 1 aromatic carbocycles. The van der Waals surface area contributed by atoms with Gasteiger partial charge in [-0.15, -0.1) is 24.0 Å². The van der Waals surface area contributed by atoms with Crippen molar-refractivity contribution < 1.29 is 9.00 Å². The minimum Gasteiger partial charge on any atom is -0.369 e. The van der Waals surface area contributed by atoms with Crippen LogP contribution in [0.2, 0.25) is 0 Å². The van der Waals surface area contributed by atoms with Crippen LogP contribution in [-0.2, 0) is 21.3 Å². The molecule has 9 heteroatoms. The van der Waals surface area contributed by atoms with E-state index < -0.39 is 10.8 Å². The number of nitrogens with two attached hydrogens (primary N) is 1. The molecule has 1 aliphatic heterocycles. The standard InChI is InChI=1S/C18H29N5O2S.HI/c1-20-18(22-16-7-10-23(11-8-16)13-17(19)24)21-9-12-26(25)14-15-5-3-2-4-6-15;/h2-6,16H,7-14H2,1H3,(H2,19,24)(H2,20,21,22);1H. The molecule has 152 valence electrons. The van der Waals surface area contributed by atoms with E-state index in [1.165, 1.54) is 0 Å². The normalized spacial score (nSPS) is 17.0. The van der Waals surface area contributed by atoms with E-state index in [2.05, 4.69) is 20.5 Å². The number of nitrogens with zero attached hydrogens (tertiary/aromatic N) is 2. The fourth-order valence-corrected chi connectivity index (χ4v) is 4.00. The van der Waals surface area contributed by atoms with E-state index in [0.717, 1.165) is 37.5 Å². The number of amides is 1. The summed E-state index contributed by atoms with van der Waals surface area (Å²) in [7, 11) is 0.832. The number of hydrogen-bond acceptors (Lipinski definition) is 4. The summed E-state index contributed by atoms with van der Waals surface area (Å²) < 4.78 is 12.2. The lowest BCUT2D eigenvalue weighted by Crippen LogP contribution is -2.50. The van der Waals surface area contributed by atoms with E-state index in [-0.39, 0.29) is 29.9 Å². The zero-order chi connectivity index (χ0) is 18.8. The van der Waals surface area contributed by atoms with Gasteiger partial charge in [-0.05, 0) is 18.4 Å². The van der Waals surface area contributed by atoms with Gasteiger partial charge in [0.15, 0.2) is 5.96 Å². The number of guanidine groups is 1. The number of aliphatic imine (C=N–C) groups is 1. The molecule has 1 amide bonds. The van der Waals surface area contributed by atoms with Crippen LogP contribution in [0.4, 0.5) is 0 Å². The SMILES string of the molecule is CN=C(NCCS(=O)Cc1ccccc1)NC1CCN(CC(N)=O)CC1.I. The van der Waals surface area contributed by atoms with Gasteiger partial charge in [-0.1, -0.05) is 30.3 Å². The number of carbonyl (C=O) groups is 1. The zero-order valence-corrected chi connectivity index (χ0v) is 18.9. The number of likely N-dealkylation sites (tertiary alicyclic amines) is 1. The maximum atomic E-state index is 12.2. The highest BCUT2D eigenvalue weighted by Gasteiger charge is 2.20. The first-order valence-electron chi connectivity index (χ1n) is 8.93. The van der Waals surface area contributed by atoms with Crippen LogP contribution in [0.25, 0.3) is 0 Å². The Bertz CT molecular complexity index is 621. The molecule has 4 N–H and O–H groups in total. The van der Waals surface area contributed by atoms with Crippen LogP contribution in [0.5, 0.6) is 0 Å². The summed E-state index contributed by atoms with van der Waals surface area (Å²) in [6, 6.07) is 10.2. The van der Waals surface area contributed by atoms with Crippen LogP contribution >= 0.6 is 24.0 Å². The second kappa shape index (κ2) is 13.1. The van der Waals surface area contributed by atoms with Gasteiger partial charge in [0.05, 0.1) is 6.54 Å². The average Bonchev–Trinajstić information content (AvgIpc) is 2.62. The summed E-state index contributed by atoms with van der Waals surface area (Å²) in [5, 5.41) is 6.63. The Labute approximate surface area is 181 Å². The molecule has 27 heavy (non-hydrogen) atoms. The van der Waals surface area contributed by atoms with E-state index in [9.17, 15) is 9.00 Å². The van der Waals surface area contributed by atoms with Gasteiger partial charge in [0.25, 0.3) is 0 Å². The molecular weight excluding hydrogens is 477 g/mol. The lowest BCUT2D eigenvalue weighted by Gasteiger charge is -2.32. The lowest BCUT2D eigenvalue weighted by atomic mass is 10.1. The molecule has 0 aromatic heterocycles. The number of rotatable bonds is 8. The van der Waals surface area contributed by atoms with Crippen molar-refractivity contribution in [3.8, 4) is 0 Å². The second-order valence-electron chi connectivity index (χ2n) is 6.43. The van der Waals surface area contributed by atoms with Crippen molar-refractivity contribution in [3.05, 3.63) is 35.9 Å². The largest absolute Gasteiger partial charge is 0.369 e. The van der Waals surface area contributed by atoms with Gasteiger partial charge in [0, 0.05) is 55.0 Å². The van der Waals surface area contributed by atoms with Gasteiger partial charge in [-0.3, -0.25) is 18.9 Å². The van der Waals surface area contributed by atoms with Crippen molar-refractivity contribution in [3.63, 3.8) is 0 Å². The molecule has 1 saturated heterocycles. The molecule has 1 atom stereocenters. The number of primary amides is 1. The van der Waals surface area contributed by atoms with Gasteiger partial charge >= 0.3 is 0 Å². The summed E-state index contributed by atoms with van der Waals surface area (Å²) in [4.78, 5) is 17.3. The summed E-state index contributed by atoms with van der Waals surface area (Å²) in [6.45, 7) is 2.63. The Morgan fingerprint density at radius 1 is 1.30 bits per heavy atom. The van der Waals surface area contributed by atoms with Crippen LogP contribution in [0.1, 0.15) is 18.4 Å².